The number of hydrogen-bond donors (Lipinski definition) is 4. The van der Waals surface area contributed by atoms with Crippen LogP contribution in [0.3, 0.4) is 0 Å². The number of aliphatic hydroxyl groups is 4. The van der Waals surface area contributed by atoms with E-state index in [-0.39, 0.29) is 26.1 Å². The molecule has 1 saturated heterocycles. The third kappa shape index (κ3) is 26.2. The number of hydrogen-bond acceptors (Lipinski definition) is 10. The lowest BCUT2D eigenvalue weighted by atomic mass is 9.99. The van der Waals surface area contributed by atoms with Gasteiger partial charge in [-0.25, -0.2) is 0 Å². The van der Waals surface area contributed by atoms with Gasteiger partial charge >= 0.3 is 11.9 Å². The molecule has 54 heavy (non-hydrogen) atoms. The van der Waals surface area contributed by atoms with Crippen molar-refractivity contribution in [2.75, 3.05) is 19.8 Å². The summed E-state index contributed by atoms with van der Waals surface area (Å²) >= 11 is 0. The molecule has 0 aromatic heterocycles. The summed E-state index contributed by atoms with van der Waals surface area (Å²) in [6.07, 6.45) is 33.7. The Kier molecular flexibility index (Phi) is 31.9. The Labute approximate surface area is 326 Å². The topological polar surface area (TPSA) is 152 Å². The van der Waals surface area contributed by atoms with Crippen molar-refractivity contribution in [1.82, 2.24) is 0 Å². The van der Waals surface area contributed by atoms with Crippen LogP contribution in [-0.4, -0.2) is 89.0 Å². The molecular weight excluding hydrogens is 688 g/mol. The first-order valence-corrected chi connectivity index (χ1v) is 20.9. The molecule has 6 unspecified atom stereocenters. The van der Waals surface area contributed by atoms with Gasteiger partial charge in [-0.3, -0.25) is 9.59 Å². The largest absolute Gasteiger partial charge is 0.462 e. The fourth-order valence-electron chi connectivity index (χ4n) is 5.82. The van der Waals surface area contributed by atoms with E-state index in [9.17, 15) is 30.0 Å². The third-order valence-electron chi connectivity index (χ3n) is 9.14. The molecular formula is C44H74O10. The lowest BCUT2D eigenvalue weighted by Gasteiger charge is -2.39. The second kappa shape index (κ2) is 34.9. The lowest BCUT2D eigenvalue weighted by Crippen LogP contribution is -2.59. The SMILES string of the molecule is CC/C=C\C/C=C\C/C=C\C/C=C\CCCCC(=O)OC(COC(=O)CCCCCCC/C=C\CCCCCCC)COC1OC(CO)C(O)C(O)C1O. The van der Waals surface area contributed by atoms with Crippen LogP contribution < -0.4 is 0 Å². The zero-order chi connectivity index (χ0) is 39.5. The van der Waals surface area contributed by atoms with Crippen molar-refractivity contribution in [1.29, 1.82) is 0 Å². The molecule has 1 aliphatic rings. The van der Waals surface area contributed by atoms with E-state index in [1.807, 2.05) is 0 Å². The average Bonchev–Trinajstić information content (AvgIpc) is 3.17. The predicted octanol–water partition coefficient (Wildman–Crippen LogP) is 8.27. The van der Waals surface area contributed by atoms with E-state index in [2.05, 4.69) is 74.6 Å². The molecule has 0 aliphatic carbocycles. The van der Waals surface area contributed by atoms with Crippen LogP contribution in [0.2, 0.25) is 0 Å². The number of carbonyl (C=O) groups excluding carboxylic acids is 2. The monoisotopic (exact) mass is 763 g/mol. The van der Waals surface area contributed by atoms with Crippen LogP contribution >= 0.6 is 0 Å². The molecule has 0 saturated carbocycles. The number of rotatable bonds is 33. The molecule has 0 amide bonds. The number of unbranched alkanes of at least 4 members (excludes halogenated alkanes) is 12. The van der Waals surface area contributed by atoms with Crippen LogP contribution in [0.15, 0.2) is 60.8 Å². The first-order chi connectivity index (χ1) is 26.3. The van der Waals surface area contributed by atoms with Crippen molar-refractivity contribution in [2.24, 2.45) is 0 Å². The maximum atomic E-state index is 12.7. The van der Waals surface area contributed by atoms with Crippen molar-refractivity contribution in [3.63, 3.8) is 0 Å². The molecule has 310 valence electrons. The number of allylic oxidation sites excluding steroid dienone is 10. The van der Waals surface area contributed by atoms with Gasteiger partial charge in [-0.05, 0) is 77.0 Å². The maximum absolute atomic E-state index is 12.7. The van der Waals surface area contributed by atoms with Crippen molar-refractivity contribution in [3.8, 4) is 0 Å². The fraction of sp³-hybridized carbons (Fsp3) is 0.727. The van der Waals surface area contributed by atoms with Crippen LogP contribution in [0.4, 0.5) is 0 Å². The van der Waals surface area contributed by atoms with Crippen molar-refractivity contribution < 1.29 is 49.0 Å². The Bertz CT molecular complexity index is 1070. The van der Waals surface area contributed by atoms with E-state index in [1.165, 1.54) is 38.5 Å². The number of aliphatic hydroxyl groups excluding tert-OH is 4. The fourth-order valence-corrected chi connectivity index (χ4v) is 5.82. The lowest BCUT2D eigenvalue weighted by molar-refractivity contribution is -0.305. The second-order valence-electron chi connectivity index (χ2n) is 14.1. The molecule has 10 nitrogen and oxygen atoms in total. The number of esters is 2. The summed E-state index contributed by atoms with van der Waals surface area (Å²) in [5.74, 6) is -0.871. The van der Waals surface area contributed by atoms with E-state index in [1.54, 1.807) is 0 Å². The highest BCUT2D eigenvalue weighted by atomic mass is 16.7. The molecule has 1 aliphatic heterocycles. The Morgan fingerprint density at radius 1 is 0.593 bits per heavy atom. The normalized spacial score (nSPS) is 21.3. The summed E-state index contributed by atoms with van der Waals surface area (Å²) in [6, 6.07) is 0. The quantitative estimate of drug-likeness (QED) is 0.0292. The molecule has 0 bridgehead atoms. The van der Waals surface area contributed by atoms with Gasteiger partial charge in [-0.15, -0.1) is 0 Å². The molecule has 0 spiro atoms. The molecule has 1 rings (SSSR count). The minimum Gasteiger partial charge on any atom is -0.462 e. The molecule has 0 aromatic carbocycles. The summed E-state index contributed by atoms with van der Waals surface area (Å²) in [4.78, 5) is 25.2. The van der Waals surface area contributed by atoms with Crippen molar-refractivity contribution >= 4 is 11.9 Å². The Hall–Kier alpha value is -2.60. The van der Waals surface area contributed by atoms with Crippen LogP contribution in [-0.2, 0) is 28.5 Å². The van der Waals surface area contributed by atoms with E-state index in [0.717, 1.165) is 70.6 Å². The van der Waals surface area contributed by atoms with Gasteiger partial charge in [0.1, 0.15) is 31.0 Å². The van der Waals surface area contributed by atoms with Crippen LogP contribution in [0.25, 0.3) is 0 Å². The molecule has 4 N–H and O–H groups in total. The van der Waals surface area contributed by atoms with E-state index < -0.39 is 55.4 Å². The van der Waals surface area contributed by atoms with E-state index in [0.29, 0.717) is 12.8 Å². The first-order valence-electron chi connectivity index (χ1n) is 20.9. The zero-order valence-corrected chi connectivity index (χ0v) is 33.4. The molecule has 6 atom stereocenters. The summed E-state index contributed by atoms with van der Waals surface area (Å²) < 4.78 is 22.0. The van der Waals surface area contributed by atoms with Crippen molar-refractivity contribution in [3.05, 3.63) is 60.8 Å². The Morgan fingerprint density at radius 3 is 1.70 bits per heavy atom. The highest BCUT2D eigenvalue weighted by Gasteiger charge is 2.44. The van der Waals surface area contributed by atoms with Gasteiger partial charge in [0.15, 0.2) is 12.4 Å². The summed E-state index contributed by atoms with van der Waals surface area (Å²) in [5.41, 5.74) is 0. The van der Waals surface area contributed by atoms with Gasteiger partial charge in [0.05, 0.1) is 13.2 Å². The highest BCUT2D eigenvalue weighted by molar-refractivity contribution is 5.70. The Morgan fingerprint density at radius 2 is 1.09 bits per heavy atom. The summed E-state index contributed by atoms with van der Waals surface area (Å²) in [7, 11) is 0. The molecule has 10 heteroatoms. The first kappa shape index (κ1) is 49.4. The second-order valence-corrected chi connectivity index (χ2v) is 14.1. The summed E-state index contributed by atoms with van der Waals surface area (Å²) in [5, 5.41) is 40.0. The minimum atomic E-state index is -1.61. The van der Waals surface area contributed by atoms with Gasteiger partial charge < -0.3 is 39.4 Å². The smallest absolute Gasteiger partial charge is 0.306 e. The standard InChI is InChI=1S/C44H74O10/c1-3-5-7-9-11-13-15-17-19-21-23-25-27-29-31-33-40(47)53-37(36-52-44-43(50)42(49)41(48)38(34-45)54-44)35-51-39(46)32-30-28-26-24-22-20-18-16-14-12-10-8-6-4-2/h5,7,11,13,16-19,23,25,37-38,41-45,48-50H,3-4,6,8-10,12,14-15,20-22,24,26-36H2,1-2H3/b7-5-,13-11-,18-16-,19-17-,25-23-. The van der Waals surface area contributed by atoms with Gasteiger partial charge in [-0.1, -0.05) is 120 Å². The van der Waals surface area contributed by atoms with E-state index in [4.69, 9.17) is 18.9 Å². The maximum Gasteiger partial charge on any atom is 0.306 e. The third-order valence-corrected chi connectivity index (χ3v) is 9.14. The minimum absolute atomic E-state index is 0.173. The predicted molar refractivity (Wildman–Crippen MR) is 215 cm³/mol. The van der Waals surface area contributed by atoms with Gasteiger partial charge in [0.2, 0.25) is 0 Å². The van der Waals surface area contributed by atoms with Gasteiger partial charge in [-0.2, -0.15) is 0 Å². The van der Waals surface area contributed by atoms with Gasteiger partial charge in [0, 0.05) is 12.8 Å². The molecule has 0 aromatic rings. The number of ether oxygens (including phenoxy) is 4. The average molecular weight is 763 g/mol. The molecule has 1 fully saturated rings. The highest BCUT2D eigenvalue weighted by Crippen LogP contribution is 2.22. The molecule has 0 radical (unpaired) electrons. The summed E-state index contributed by atoms with van der Waals surface area (Å²) in [6.45, 7) is 3.22. The van der Waals surface area contributed by atoms with Crippen LogP contribution in [0.1, 0.15) is 149 Å². The Balaban J connectivity index is 2.41. The van der Waals surface area contributed by atoms with E-state index >= 15 is 0 Å². The zero-order valence-electron chi connectivity index (χ0n) is 33.4. The molecule has 1 heterocycles. The van der Waals surface area contributed by atoms with Crippen LogP contribution in [0.5, 0.6) is 0 Å². The van der Waals surface area contributed by atoms with Crippen molar-refractivity contribution in [2.45, 2.75) is 185 Å². The van der Waals surface area contributed by atoms with Crippen LogP contribution in [0, 0.1) is 0 Å². The number of carbonyl (C=O) groups is 2. The van der Waals surface area contributed by atoms with Gasteiger partial charge in [0.25, 0.3) is 0 Å².